The van der Waals surface area contributed by atoms with Crippen LogP contribution in [0.4, 0.5) is 34.1 Å². The number of anilines is 6. The summed E-state index contributed by atoms with van der Waals surface area (Å²) in [5.74, 6) is 0. The standard InChI is InChI=1S/C38H24N6S2/c1-5-15-25(16-6-1)43(26-17-7-2-8-18-26)36-32-33(40-38-31(39-32)29-23-13-14-24-30(29)45-38)37(35-34(36)41-46-42-35)44(27-19-9-3-10-20-27)28-21-11-4-12-22-28/h1-24H. The van der Waals surface area contributed by atoms with Gasteiger partial charge in [-0.25, -0.2) is 9.97 Å². The maximum Gasteiger partial charge on any atom is 0.143 e. The zero-order valence-electron chi connectivity index (χ0n) is 24.4. The van der Waals surface area contributed by atoms with Gasteiger partial charge in [-0.3, -0.25) is 0 Å². The number of aromatic nitrogens is 4. The SMILES string of the molecule is c1ccc(N(c2ccccc2)c2c3nsnc3c(N(c3ccccc3)c3ccccc3)c3nc4c(nc23)sc2ccccc24)cc1. The van der Waals surface area contributed by atoms with Crippen LogP contribution in [0.1, 0.15) is 0 Å². The first-order valence-electron chi connectivity index (χ1n) is 14.9. The van der Waals surface area contributed by atoms with E-state index in [0.717, 1.165) is 76.6 Å². The highest BCUT2D eigenvalue weighted by atomic mass is 32.1. The minimum absolute atomic E-state index is 0.760. The fourth-order valence-corrected chi connectivity index (χ4v) is 7.69. The summed E-state index contributed by atoms with van der Waals surface area (Å²) in [6.45, 7) is 0. The van der Waals surface area contributed by atoms with E-state index in [2.05, 4.69) is 131 Å². The highest BCUT2D eigenvalue weighted by Crippen LogP contribution is 2.50. The zero-order chi connectivity index (χ0) is 30.5. The first kappa shape index (κ1) is 26.7. The van der Waals surface area contributed by atoms with Crippen molar-refractivity contribution in [3.63, 3.8) is 0 Å². The van der Waals surface area contributed by atoms with Gasteiger partial charge in [0.15, 0.2) is 0 Å². The zero-order valence-corrected chi connectivity index (χ0v) is 26.0. The van der Waals surface area contributed by atoms with Gasteiger partial charge in [0.1, 0.15) is 43.8 Å². The largest absolute Gasteiger partial charge is 0.306 e. The molecule has 46 heavy (non-hydrogen) atoms. The third-order valence-corrected chi connectivity index (χ3v) is 9.69. The Bertz CT molecular complexity index is 2400. The van der Waals surface area contributed by atoms with Gasteiger partial charge in [-0.2, -0.15) is 8.75 Å². The number of thiophene rings is 1. The fraction of sp³-hybridized carbons (Fsp3) is 0. The van der Waals surface area contributed by atoms with E-state index in [1.807, 2.05) is 24.3 Å². The molecule has 0 radical (unpaired) electrons. The van der Waals surface area contributed by atoms with Gasteiger partial charge < -0.3 is 9.80 Å². The Labute approximate surface area is 272 Å². The summed E-state index contributed by atoms with van der Waals surface area (Å²) >= 11 is 2.87. The van der Waals surface area contributed by atoms with Crippen LogP contribution in [0, 0.1) is 0 Å². The van der Waals surface area contributed by atoms with Gasteiger partial charge in [0.2, 0.25) is 0 Å². The summed E-state index contributed by atoms with van der Waals surface area (Å²) in [5.41, 5.74) is 9.64. The highest BCUT2D eigenvalue weighted by molar-refractivity contribution is 7.25. The van der Waals surface area contributed by atoms with Crippen molar-refractivity contribution in [3.8, 4) is 0 Å². The topological polar surface area (TPSA) is 58.0 Å². The van der Waals surface area contributed by atoms with Crippen molar-refractivity contribution in [3.05, 3.63) is 146 Å². The van der Waals surface area contributed by atoms with E-state index < -0.39 is 0 Å². The Morgan fingerprint density at radius 1 is 0.391 bits per heavy atom. The molecule has 6 nitrogen and oxygen atoms in total. The minimum atomic E-state index is 0.760. The molecule has 0 fully saturated rings. The fourth-order valence-electron chi connectivity index (χ4n) is 6.12. The van der Waals surface area contributed by atoms with Gasteiger partial charge in [0.25, 0.3) is 0 Å². The van der Waals surface area contributed by atoms with Crippen LogP contribution in [0.3, 0.4) is 0 Å². The lowest BCUT2D eigenvalue weighted by molar-refractivity contribution is 1.26. The van der Waals surface area contributed by atoms with Crippen molar-refractivity contribution >= 4 is 99.7 Å². The Kier molecular flexibility index (Phi) is 6.40. The van der Waals surface area contributed by atoms with Crippen LogP contribution in [-0.2, 0) is 0 Å². The first-order chi connectivity index (χ1) is 22.8. The van der Waals surface area contributed by atoms with Crippen molar-refractivity contribution in [1.82, 2.24) is 18.7 Å². The van der Waals surface area contributed by atoms with Crippen LogP contribution < -0.4 is 9.80 Å². The Hall–Kier alpha value is -5.70. The van der Waals surface area contributed by atoms with Crippen molar-refractivity contribution in [1.29, 1.82) is 0 Å². The Morgan fingerprint density at radius 3 is 1.28 bits per heavy atom. The molecule has 0 aliphatic carbocycles. The molecule has 0 bridgehead atoms. The summed E-state index contributed by atoms with van der Waals surface area (Å²) in [6.07, 6.45) is 0. The van der Waals surface area contributed by atoms with Crippen LogP contribution >= 0.6 is 23.1 Å². The molecule has 0 spiro atoms. The maximum atomic E-state index is 5.51. The molecule has 9 rings (SSSR count). The van der Waals surface area contributed by atoms with Crippen molar-refractivity contribution in [2.45, 2.75) is 0 Å². The van der Waals surface area contributed by atoms with Gasteiger partial charge in [0, 0.05) is 32.8 Å². The van der Waals surface area contributed by atoms with E-state index in [1.165, 1.54) is 11.7 Å². The van der Waals surface area contributed by atoms with Gasteiger partial charge in [0.05, 0.1) is 11.7 Å². The Morgan fingerprint density at radius 2 is 0.804 bits per heavy atom. The van der Waals surface area contributed by atoms with Crippen molar-refractivity contribution < 1.29 is 0 Å². The number of hydrogen-bond acceptors (Lipinski definition) is 8. The van der Waals surface area contributed by atoms with Gasteiger partial charge in [-0.15, -0.1) is 11.3 Å². The van der Waals surface area contributed by atoms with Crippen LogP contribution in [0.2, 0.25) is 0 Å². The lowest BCUT2D eigenvalue weighted by atomic mass is 10.1. The monoisotopic (exact) mass is 628 g/mol. The smallest absolute Gasteiger partial charge is 0.143 e. The van der Waals surface area contributed by atoms with E-state index in [0.29, 0.717) is 0 Å². The van der Waals surface area contributed by atoms with Gasteiger partial charge in [-0.05, 0) is 54.6 Å². The minimum Gasteiger partial charge on any atom is -0.306 e. The predicted octanol–water partition coefficient (Wildman–Crippen LogP) is 10.9. The molecule has 0 aliphatic heterocycles. The molecule has 6 aromatic carbocycles. The molecule has 218 valence electrons. The van der Waals surface area contributed by atoms with E-state index in [4.69, 9.17) is 18.7 Å². The number of hydrogen-bond donors (Lipinski definition) is 0. The van der Waals surface area contributed by atoms with E-state index >= 15 is 0 Å². The number of nitrogens with zero attached hydrogens (tertiary/aromatic N) is 6. The van der Waals surface area contributed by atoms with E-state index in [1.54, 1.807) is 11.3 Å². The lowest BCUT2D eigenvalue weighted by Gasteiger charge is -2.30. The molecule has 0 unspecified atom stereocenters. The molecule has 0 N–H and O–H groups in total. The first-order valence-corrected chi connectivity index (χ1v) is 16.5. The van der Waals surface area contributed by atoms with Crippen molar-refractivity contribution in [2.75, 3.05) is 9.80 Å². The summed E-state index contributed by atoms with van der Waals surface area (Å²) in [7, 11) is 0. The summed E-state index contributed by atoms with van der Waals surface area (Å²) in [5, 5.41) is 1.09. The van der Waals surface area contributed by atoms with Gasteiger partial charge >= 0.3 is 0 Å². The van der Waals surface area contributed by atoms with E-state index in [9.17, 15) is 0 Å². The van der Waals surface area contributed by atoms with Gasteiger partial charge in [-0.1, -0.05) is 91.0 Å². The average molecular weight is 629 g/mol. The summed E-state index contributed by atoms with van der Waals surface area (Å²) in [4.78, 5) is 16.3. The third kappa shape index (κ3) is 4.30. The summed E-state index contributed by atoms with van der Waals surface area (Å²) in [6, 6.07) is 49.9. The van der Waals surface area contributed by atoms with Crippen molar-refractivity contribution in [2.24, 2.45) is 0 Å². The second-order valence-corrected chi connectivity index (χ2v) is 12.4. The third-order valence-electron chi connectivity index (χ3n) is 8.10. The normalized spacial score (nSPS) is 11.5. The molecule has 0 amide bonds. The predicted molar refractivity (Wildman–Crippen MR) is 193 cm³/mol. The van der Waals surface area contributed by atoms with Crippen LogP contribution in [0.25, 0.3) is 42.5 Å². The average Bonchev–Trinajstić information content (AvgIpc) is 3.75. The number of benzene rings is 6. The van der Waals surface area contributed by atoms with E-state index in [-0.39, 0.29) is 0 Å². The molecule has 0 atom stereocenters. The molecular formula is C38H24N6S2. The Balaban J connectivity index is 1.48. The second kappa shape index (κ2) is 11.0. The number of rotatable bonds is 6. The lowest BCUT2D eigenvalue weighted by Crippen LogP contribution is -2.15. The maximum absolute atomic E-state index is 5.51. The molecule has 3 heterocycles. The molecule has 8 heteroatoms. The molecule has 0 saturated heterocycles. The molecular weight excluding hydrogens is 605 g/mol. The van der Waals surface area contributed by atoms with Crippen LogP contribution in [-0.4, -0.2) is 18.7 Å². The second-order valence-electron chi connectivity index (χ2n) is 10.8. The summed E-state index contributed by atoms with van der Waals surface area (Å²) < 4.78 is 11.1. The molecule has 3 aromatic heterocycles. The number of para-hydroxylation sites is 4. The molecule has 0 saturated carbocycles. The highest BCUT2D eigenvalue weighted by Gasteiger charge is 2.30. The van der Waals surface area contributed by atoms with Crippen LogP contribution in [0.5, 0.6) is 0 Å². The van der Waals surface area contributed by atoms with Crippen LogP contribution in [0.15, 0.2) is 146 Å². The quantitative estimate of drug-likeness (QED) is 0.171. The molecule has 0 aliphatic rings. The molecule has 9 aromatic rings. The number of fused-ring (bicyclic) bond motifs is 5.